The van der Waals surface area contributed by atoms with E-state index in [1.54, 1.807) is 0 Å². The smallest absolute Gasteiger partial charge is 0.0736 e. The van der Waals surface area contributed by atoms with Crippen LogP contribution in [0.1, 0.15) is 46.0 Å². The predicted molar refractivity (Wildman–Crippen MR) is 69.2 cm³/mol. The first kappa shape index (κ1) is 11.9. The molecule has 0 amide bonds. The molecule has 0 aromatic heterocycles. The summed E-state index contributed by atoms with van der Waals surface area (Å²) in [6, 6.07) is 2.09. The van der Waals surface area contributed by atoms with E-state index in [-0.39, 0.29) is 0 Å². The molecule has 3 heteroatoms. The van der Waals surface area contributed by atoms with Crippen molar-refractivity contribution in [3.05, 3.63) is 0 Å². The van der Waals surface area contributed by atoms with Gasteiger partial charge in [-0.1, -0.05) is 13.3 Å². The Hall–Kier alpha value is -0.120. The highest BCUT2D eigenvalue weighted by Gasteiger charge is 2.45. The molecule has 2 bridgehead atoms. The van der Waals surface area contributed by atoms with Gasteiger partial charge in [0, 0.05) is 31.2 Å². The van der Waals surface area contributed by atoms with Crippen LogP contribution in [-0.4, -0.2) is 48.3 Å². The minimum Gasteiger partial charge on any atom is -0.373 e. The zero-order valence-corrected chi connectivity index (χ0v) is 11.2. The van der Waals surface area contributed by atoms with Crippen molar-refractivity contribution in [1.82, 2.24) is 10.2 Å². The molecule has 0 radical (unpaired) electrons. The zero-order chi connectivity index (χ0) is 11.8. The summed E-state index contributed by atoms with van der Waals surface area (Å²) in [5, 5.41) is 3.68. The number of piperazine rings is 1. The summed E-state index contributed by atoms with van der Waals surface area (Å²) in [6.45, 7) is 7.02. The standard InChI is InChI=1S/C14H26N2O/c1-3-4-11-9-16(10(2)8-15-11)13-7-12-5-6-14(13)17-12/h10-15H,3-9H2,1-2H3. The van der Waals surface area contributed by atoms with Crippen molar-refractivity contribution >= 4 is 0 Å². The molecule has 3 heterocycles. The van der Waals surface area contributed by atoms with Gasteiger partial charge in [0.25, 0.3) is 0 Å². The van der Waals surface area contributed by atoms with Gasteiger partial charge in [-0.3, -0.25) is 4.90 Å². The topological polar surface area (TPSA) is 24.5 Å². The van der Waals surface area contributed by atoms with Crippen LogP contribution in [0.3, 0.4) is 0 Å². The van der Waals surface area contributed by atoms with E-state index in [2.05, 4.69) is 24.1 Å². The Morgan fingerprint density at radius 3 is 2.88 bits per heavy atom. The van der Waals surface area contributed by atoms with Gasteiger partial charge in [-0.15, -0.1) is 0 Å². The maximum atomic E-state index is 6.02. The second-order valence-corrected chi connectivity index (χ2v) is 6.12. The lowest BCUT2D eigenvalue weighted by molar-refractivity contribution is 0.0348. The van der Waals surface area contributed by atoms with Crippen LogP contribution in [-0.2, 0) is 4.74 Å². The van der Waals surface area contributed by atoms with Crippen molar-refractivity contribution in [3.8, 4) is 0 Å². The van der Waals surface area contributed by atoms with Crippen LogP contribution in [0.2, 0.25) is 0 Å². The molecule has 3 aliphatic heterocycles. The van der Waals surface area contributed by atoms with E-state index in [0.29, 0.717) is 30.3 Å². The van der Waals surface area contributed by atoms with Crippen LogP contribution < -0.4 is 5.32 Å². The average molecular weight is 238 g/mol. The molecular weight excluding hydrogens is 212 g/mol. The van der Waals surface area contributed by atoms with E-state index < -0.39 is 0 Å². The summed E-state index contributed by atoms with van der Waals surface area (Å²) < 4.78 is 6.02. The van der Waals surface area contributed by atoms with E-state index in [0.717, 1.165) is 6.54 Å². The highest BCUT2D eigenvalue weighted by molar-refractivity contribution is 4.99. The Morgan fingerprint density at radius 1 is 1.35 bits per heavy atom. The number of ether oxygens (including phenoxy) is 1. The van der Waals surface area contributed by atoms with Gasteiger partial charge in [-0.2, -0.15) is 0 Å². The highest BCUT2D eigenvalue weighted by atomic mass is 16.5. The second-order valence-electron chi connectivity index (χ2n) is 6.12. The molecule has 98 valence electrons. The molecule has 0 saturated carbocycles. The molecule has 5 unspecified atom stereocenters. The number of hydrogen-bond donors (Lipinski definition) is 1. The first-order valence-electron chi connectivity index (χ1n) is 7.42. The Kier molecular flexibility index (Phi) is 3.42. The first-order chi connectivity index (χ1) is 8.28. The van der Waals surface area contributed by atoms with E-state index >= 15 is 0 Å². The maximum Gasteiger partial charge on any atom is 0.0736 e. The van der Waals surface area contributed by atoms with Crippen molar-refractivity contribution in [2.75, 3.05) is 13.1 Å². The molecule has 0 aliphatic carbocycles. The van der Waals surface area contributed by atoms with Gasteiger partial charge in [-0.05, 0) is 32.6 Å². The number of fused-ring (bicyclic) bond motifs is 2. The monoisotopic (exact) mass is 238 g/mol. The van der Waals surface area contributed by atoms with Crippen LogP contribution in [0.15, 0.2) is 0 Å². The maximum absolute atomic E-state index is 6.02. The third kappa shape index (κ3) is 2.25. The fourth-order valence-electron chi connectivity index (χ4n) is 3.92. The van der Waals surface area contributed by atoms with Gasteiger partial charge in [0.05, 0.1) is 12.2 Å². The van der Waals surface area contributed by atoms with Gasteiger partial charge in [0.15, 0.2) is 0 Å². The fraction of sp³-hybridized carbons (Fsp3) is 1.00. The molecule has 5 atom stereocenters. The largest absolute Gasteiger partial charge is 0.373 e. The Labute approximate surface area is 105 Å². The molecule has 3 saturated heterocycles. The van der Waals surface area contributed by atoms with Crippen molar-refractivity contribution in [3.63, 3.8) is 0 Å². The minimum absolute atomic E-state index is 0.544. The fourth-order valence-corrected chi connectivity index (χ4v) is 3.92. The molecule has 3 rings (SSSR count). The van der Waals surface area contributed by atoms with Gasteiger partial charge >= 0.3 is 0 Å². The van der Waals surface area contributed by atoms with E-state index in [4.69, 9.17) is 4.74 Å². The molecule has 3 nitrogen and oxygen atoms in total. The SMILES string of the molecule is CCCC1CN(C2CC3CCC2O3)C(C)CN1. The highest BCUT2D eigenvalue weighted by Crippen LogP contribution is 2.38. The van der Waals surface area contributed by atoms with Crippen LogP contribution in [0.4, 0.5) is 0 Å². The van der Waals surface area contributed by atoms with Crippen LogP contribution in [0.5, 0.6) is 0 Å². The molecule has 0 spiro atoms. The van der Waals surface area contributed by atoms with E-state index in [1.807, 2.05) is 0 Å². The van der Waals surface area contributed by atoms with Crippen LogP contribution in [0.25, 0.3) is 0 Å². The summed E-state index contributed by atoms with van der Waals surface area (Å²) >= 11 is 0. The summed E-state index contributed by atoms with van der Waals surface area (Å²) in [4.78, 5) is 2.74. The molecule has 3 aliphatic rings. The average Bonchev–Trinajstić information content (AvgIpc) is 2.94. The van der Waals surface area contributed by atoms with Gasteiger partial charge in [0.1, 0.15) is 0 Å². The molecule has 3 fully saturated rings. The summed E-state index contributed by atoms with van der Waals surface area (Å²) in [5.41, 5.74) is 0. The van der Waals surface area contributed by atoms with Crippen molar-refractivity contribution in [2.45, 2.75) is 76.3 Å². The minimum atomic E-state index is 0.544. The van der Waals surface area contributed by atoms with Gasteiger partial charge < -0.3 is 10.1 Å². The lowest BCUT2D eigenvalue weighted by Gasteiger charge is -2.44. The van der Waals surface area contributed by atoms with Crippen LogP contribution >= 0.6 is 0 Å². The lowest BCUT2D eigenvalue weighted by Crippen LogP contribution is -2.60. The van der Waals surface area contributed by atoms with Crippen molar-refractivity contribution in [2.24, 2.45) is 0 Å². The second kappa shape index (κ2) is 4.87. The Morgan fingerprint density at radius 2 is 2.24 bits per heavy atom. The van der Waals surface area contributed by atoms with Crippen molar-refractivity contribution in [1.29, 1.82) is 0 Å². The zero-order valence-electron chi connectivity index (χ0n) is 11.2. The summed E-state index contributed by atoms with van der Waals surface area (Å²) in [5.74, 6) is 0. The number of nitrogens with zero attached hydrogens (tertiary/aromatic N) is 1. The molecule has 0 aromatic carbocycles. The summed E-state index contributed by atoms with van der Waals surface area (Å²) in [7, 11) is 0. The number of nitrogens with one attached hydrogen (secondary N) is 1. The number of hydrogen-bond acceptors (Lipinski definition) is 3. The number of rotatable bonds is 3. The van der Waals surface area contributed by atoms with Crippen molar-refractivity contribution < 1.29 is 4.74 Å². The third-order valence-electron chi connectivity index (χ3n) is 4.84. The first-order valence-corrected chi connectivity index (χ1v) is 7.42. The molecule has 1 N–H and O–H groups in total. The molecular formula is C14H26N2O. The third-order valence-corrected chi connectivity index (χ3v) is 4.84. The summed E-state index contributed by atoms with van der Waals surface area (Å²) in [6.07, 6.45) is 7.61. The van der Waals surface area contributed by atoms with Gasteiger partial charge in [-0.25, -0.2) is 0 Å². The van der Waals surface area contributed by atoms with Crippen LogP contribution in [0, 0.1) is 0 Å². The predicted octanol–water partition coefficient (Wildman–Crippen LogP) is 1.77. The lowest BCUT2D eigenvalue weighted by atomic mass is 9.91. The van der Waals surface area contributed by atoms with E-state index in [9.17, 15) is 0 Å². The van der Waals surface area contributed by atoms with E-state index in [1.165, 1.54) is 38.6 Å². The molecule has 17 heavy (non-hydrogen) atoms. The van der Waals surface area contributed by atoms with Gasteiger partial charge in [0.2, 0.25) is 0 Å². The quantitative estimate of drug-likeness (QED) is 0.811. The Balaban J connectivity index is 1.64. The molecule has 0 aromatic rings. The normalized spacial score (nSPS) is 46.6. The Bertz CT molecular complexity index is 271.